The van der Waals surface area contributed by atoms with E-state index in [1.54, 1.807) is 0 Å². The van der Waals surface area contributed by atoms with Crippen LogP contribution in [0.5, 0.6) is 0 Å². The zero-order valence-electron chi connectivity index (χ0n) is 60.0. The molecule has 88 heavy (non-hydrogen) atoms. The minimum absolute atomic E-state index is 0.00951. The van der Waals surface area contributed by atoms with Crippen LogP contribution in [-0.2, 0) is 14.3 Å². The largest absolute Gasteiger partial charge is 0.466 e. The number of allylic oxidation sites excluding steroid dienone is 4. The van der Waals surface area contributed by atoms with E-state index in [4.69, 9.17) is 4.74 Å². The summed E-state index contributed by atoms with van der Waals surface area (Å²) < 4.78 is 5.49. The molecule has 0 fully saturated rings. The van der Waals surface area contributed by atoms with Crippen molar-refractivity contribution >= 4 is 11.9 Å². The van der Waals surface area contributed by atoms with E-state index in [0.717, 1.165) is 51.4 Å². The fraction of sp³-hybridized carbons (Fsp3) is 0.927. The second-order valence-corrected chi connectivity index (χ2v) is 28.1. The Morgan fingerprint density at radius 3 is 0.898 bits per heavy atom. The van der Waals surface area contributed by atoms with Gasteiger partial charge in [-0.15, -0.1) is 0 Å². The average molecular weight is 1240 g/mol. The van der Waals surface area contributed by atoms with E-state index < -0.39 is 12.1 Å². The monoisotopic (exact) mass is 1240 g/mol. The molecule has 0 saturated heterocycles. The van der Waals surface area contributed by atoms with Crippen molar-refractivity contribution in [1.82, 2.24) is 5.32 Å². The molecule has 0 aliphatic carbocycles. The Labute approximate surface area is 551 Å². The van der Waals surface area contributed by atoms with Gasteiger partial charge in [-0.1, -0.05) is 423 Å². The van der Waals surface area contributed by atoms with Gasteiger partial charge in [0, 0.05) is 12.8 Å². The topological polar surface area (TPSA) is 95.9 Å². The van der Waals surface area contributed by atoms with Crippen molar-refractivity contribution in [2.24, 2.45) is 0 Å². The van der Waals surface area contributed by atoms with Gasteiger partial charge in [-0.25, -0.2) is 0 Å². The molecule has 0 radical (unpaired) electrons. The molecule has 1 amide bonds. The smallest absolute Gasteiger partial charge is 0.305 e. The highest BCUT2D eigenvalue weighted by atomic mass is 16.5. The molecule has 2 unspecified atom stereocenters. The number of hydrogen-bond acceptors (Lipinski definition) is 5. The molecule has 2 atom stereocenters. The third-order valence-corrected chi connectivity index (χ3v) is 19.3. The third-order valence-electron chi connectivity index (χ3n) is 19.3. The maximum absolute atomic E-state index is 12.6. The number of esters is 1. The Bertz CT molecular complexity index is 1380. The number of carbonyl (C=O) groups is 2. The Hall–Kier alpha value is -1.66. The van der Waals surface area contributed by atoms with Crippen LogP contribution < -0.4 is 5.32 Å². The summed E-state index contributed by atoms with van der Waals surface area (Å²) >= 11 is 0. The van der Waals surface area contributed by atoms with Crippen LogP contribution in [0.3, 0.4) is 0 Å². The highest BCUT2D eigenvalue weighted by Crippen LogP contribution is 2.21. The number of unbranched alkanes of at least 4 members (excludes halogenated alkanes) is 62. The van der Waals surface area contributed by atoms with Gasteiger partial charge in [0.15, 0.2) is 0 Å². The van der Waals surface area contributed by atoms with Crippen molar-refractivity contribution in [3.05, 3.63) is 24.3 Å². The first-order valence-corrected chi connectivity index (χ1v) is 40.6. The summed E-state index contributed by atoms with van der Waals surface area (Å²) in [6.07, 6.45) is 100. The Kier molecular flexibility index (Phi) is 76.3. The van der Waals surface area contributed by atoms with Crippen LogP contribution in [-0.4, -0.2) is 47.4 Å². The minimum Gasteiger partial charge on any atom is -0.466 e. The van der Waals surface area contributed by atoms with Crippen LogP contribution in [0.1, 0.15) is 463 Å². The molecule has 0 aliphatic heterocycles. The van der Waals surface area contributed by atoms with Gasteiger partial charge in [-0.05, 0) is 51.4 Å². The molecule has 0 saturated carbocycles. The van der Waals surface area contributed by atoms with E-state index in [-0.39, 0.29) is 18.5 Å². The summed E-state index contributed by atoms with van der Waals surface area (Å²) in [4.78, 5) is 24.6. The Morgan fingerprint density at radius 1 is 0.318 bits per heavy atom. The molecular weight excluding hydrogens is 1080 g/mol. The second kappa shape index (κ2) is 77.8. The number of hydrogen-bond donors (Lipinski definition) is 3. The third kappa shape index (κ3) is 73.4. The van der Waals surface area contributed by atoms with Gasteiger partial charge in [0.25, 0.3) is 0 Å². The summed E-state index contributed by atoms with van der Waals surface area (Å²) in [6.45, 7) is 4.96. The molecule has 522 valence electrons. The van der Waals surface area contributed by atoms with Crippen molar-refractivity contribution in [3.8, 4) is 0 Å². The standard InChI is InChI=1S/C82H159NO5/c1-3-5-7-9-11-13-15-17-19-20-21-41-44-47-50-54-58-62-66-70-74-80(85)79(78-84)83-81(86)75-71-67-63-59-55-51-48-45-42-39-37-35-33-31-29-27-25-23-22-24-26-28-30-32-34-36-38-40-43-46-49-53-57-61-65-69-73-77-88-82(87)76-72-68-64-60-56-52-18-16-14-12-10-8-6-4-2/h10,12,16,18,79-80,84-85H,3-9,11,13-15,17,19-78H2,1-2H3,(H,83,86)/b12-10-,18-16-. The van der Waals surface area contributed by atoms with Gasteiger partial charge >= 0.3 is 5.97 Å². The molecule has 0 aliphatic rings. The zero-order valence-corrected chi connectivity index (χ0v) is 60.0. The predicted octanol–water partition coefficient (Wildman–Crippen LogP) is 26.8. The van der Waals surface area contributed by atoms with Crippen LogP contribution in [0, 0.1) is 0 Å². The van der Waals surface area contributed by atoms with Crippen molar-refractivity contribution in [2.45, 2.75) is 475 Å². The van der Waals surface area contributed by atoms with Gasteiger partial charge in [-0.2, -0.15) is 0 Å². The minimum atomic E-state index is -0.661. The van der Waals surface area contributed by atoms with Crippen LogP contribution in [0.2, 0.25) is 0 Å². The summed E-state index contributed by atoms with van der Waals surface area (Å²) in [5, 5.41) is 23.5. The van der Waals surface area contributed by atoms with E-state index in [9.17, 15) is 19.8 Å². The summed E-state index contributed by atoms with van der Waals surface area (Å²) in [5.41, 5.74) is 0. The predicted molar refractivity (Wildman–Crippen MR) is 389 cm³/mol. The van der Waals surface area contributed by atoms with Gasteiger partial charge < -0.3 is 20.3 Å². The first-order valence-electron chi connectivity index (χ1n) is 40.6. The van der Waals surface area contributed by atoms with E-state index in [2.05, 4.69) is 43.5 Å². The number of aliphatic hydroxyl groups is 2. The maximum Gasteiger partial charge on any atom is 0.305 e. The molecule has 0 rings (SSSR count). The van der Waals surface area contributed by atoms with Crippen molar-refractivity contribution in [2.75, 3.05) is 13.2 Å². The average Bonchev–Trinajstić information content (AvgIpc) is 3.58. The highest BCUT2D eigenvalue weighted by Gasteiger charge is 2.20. The second-order valence-electron chi connectivity index (χ2n) is 28.1. The lowest BCUT2D eigenvalue weighted by atomic mass is 10.0. The summed E-state index contributed by atoms with van der Waals surface area (Å²) in [7, 11) is 0. The van der Waals surface area contributed by atoms with E-state index >= 15 is 0 Å². The van der Waals surface area contributed by atoms with Gasteiger partial charge in [0.05, 0.1) is 25.4 Å². The number of ether oxygens (including phenoxy) is 1. The molecular formula is C82H159NO5. The van der Waals surface area contributed by atoms with Gasteiger partial charge in [-0.3, -0.25) is 9.59 Å². The summed E-state index contributed by atoms with van der Waals surface area (Å²) in [5.74, 6) is -0.0144. The molecule has 0 aromatic heterocycles. The maximum atomic E-state index is 12.6. The van der Waals surface area contributed by atoms with Crippen LogP contribution in [0.4, 0.5) is 0 Å². The molecule has 0 heterocycles. The highest BCUT2D eigenvalue weighted by molar-refractivity contribution is 5.76. The van der Waals surface area contributed by atoms with Crippen molar-refractivity contribution < 1.29 is 24.5 Å². The quantitative estimate of drug-likeness (QED) is 0.0320. The lowest BCUT2D eigenvalue weighted by Gasteiger charge is -2.22. The van der Waals surface area contributed by atoms with Crippen LogP contribution >= 0.6 is 0 Å². The zero-order chi connectivity index (χ0) is 63.5. The van der Waals surface area contributed by atoms with E-state index in [0.29, 0.717) is 25.9 Å². The fourth-order valence-electron chi connectivity index (χ4n) is 13.1. The molecule has 6 nitrogen and oxygen atoms in total. The summed E-state index contributed by atoms with van der Waals surface area (Å²) in [6, 6.07) is -0.537. The van der Waals surface area contributed by atoms with E-state index in [1.807, 2.05) is 0 Å². The van der Waals surface area contributed by atoms with Gasteiger partial charge in [0.2, 0.25) is 5.91 Å². The number of amides is 1. The Morgan fingerprint density at radius 2 is 0.580 bits per heavy atom. The first kappa shape index (κ1) is 86.3. The number of nitrogens with one attached hydrogen (secondary N) is 1. The SMILES string of the molecule is CCCC/C=C\C/C=C\CCCCCCCC(=O)OCCCCCCCCCCCCCCCCCCCCCCCCCCCCCCCCCCCCCCCC(=O)NC(CO)C(O)CCCCCCCCCCCCCCCCCCCCCC. The fourth-order valence-corrected chi connectivity index (χ4v) is 13.1. The van der Waals surface area contributed by atoms with Crippen LogP contribution in [0.15, 0.2) is 24.3 Å². The molecule has 0 spiro atoms. The molecule has 0 bridgehead atoms. The molecule has 6 heteroatoms. The van der Waals surface area contributed by atoms with Crippen molar-refractivity contribution in [1.29, 1.82) is 0 Å². The number of aliphatic hydroxyl groups excluding tert-OH is 2. The first-order chi connectivity index (χ1) is 43.5. The Balaban J connectivity index is 3.30. The normalized spacial score (nSPS) is 12.5. The lowest BCUT2D eigenvalue weighted by molar-refractivity contribution is -0.143. The number of carbonyl (C=O) groups excluding carboxylic acids is 2. The van der Waals surface area contributed by atoms with E-state index in [1.165, 1.54) is 379 Å². The van der Waals surface area contributed by atoms with Crippen molar-refractivity contribution in [3.63, 3.8) is 0 Å². The van der Waals surface area contributed by atoms with Gasteiger partial charge in [0.1, 0.15) is 0 Å². The lowest BCUT2D eigenvalue weighted by Crippen LogP contribution is -2.45. The van der Waals surface area contributed by atoms with Crippen LogP contribution in [0.25, 0.3) is 0 Å². The molecule has 0 aromatic carbocycles. The molecule has 3 N–H and O–H groups in total. The molecule has 0 aromatic rings. The number of rotatable bonds is 77.